The van der Waals surface area contributed by atoms with Gasteiger partial charge in [-0.15, -0.1) is 0 Å². The zero-order valence-corrected chi connectivity index (χ0v) is 15.2. The second-order valence-corrected chi connectivity index (χ2v) is 7.62. The van der Waals surface area contributed by atoms with Crippen LogP contribution in [0.4, 0.5) is 4.39 Å². The van der Waals surface area contributed by atoms with Crippen LogP contribution in [0.3, 0.4) is 0 Å². The molecule has 0 radical (unpaired) electrons. The molecule has 3 saturated heterocycles. The predicted molar refractivity (Wildman–Crippen MR) is 99.5 cm³/mol. The third kappa shape index (κ3) is 4.11. The molecule has 1 aromatic carbocycles. The van der Waals surface area contributed by atoms with Crippen molar-refractivity contribution < 1.29 is 14.3 Å². The Morgan fingerprint density at radius 3 is 2.85 bits per heavy atom. The van der Waals surface area contributed by atoms with Gasteiger partial charge in [-0.3, -0.25) is 14.7 Å². The van der Waals surface area contributed by atoms with Gasteiger partial charge in [-0.25, -0.2) is 4.39 Å². The summed E-state index contributed by atoms with van der Waals surface area (Å²) in [5.74, 6) is -0.563. The smallest absolute Gasteiger partial charge is 0.227 e. The molecule has 0 aliphatic carbocycles. The van der Waals surface area contributed by atoms with E-state index in [-0.39, 0.29) is 24.1 Å². The van der Waals surface area contributed by atoms with Crippen LogP contribution in [0, 0.1) is 11.7 Å². The van der Waals surface area contributed by atoms with Crippen LogP contribution in [0.2, 0.25) is 0 Å². The SMILES string of the molecule is O=C(Cc1ccc(O)c(F)c1)N1C[C@@H]2CC[C@H]1CN(Cc1ccccn1)C2. The van der Waals surface area contributed by atoms with E-state index in [1.54, 1.807) is 6.07 Å². The molecule has 1 N–H and O–H groups in total. The van der Waals surface area contributed by atoms with Crippen molar-refractivity contribution in [2.24, 2.45) is 5.92 Å². The van der Waals surface area contributed by atoms with Gasteiger partial charge < -0.3 is 10.0 Å². The number of pyridine rings is 1. The zero-order chi connectivity index (χ0) is 18.8. The van der Waals surface area contributed by atoms with Crippen molar-refractivity contribution in [2.45, 2.75) is 31.8 Å². The molecule has 3 aliphatic rings. The van der Waals surface area contributed by atoms with Gasteiger partial charge in [0.2, 0.25) is 5.91 Å². The number of rotatable bonds is 4. The first-order valence-corrected chi connectivity index (χ1v) is 9.47. The van der Waals surface area contributed by atoms with Crippen LogP contribution in [-0.4, -0.2) is 51.5 Å². The number of fused-ring (bicyclic) bond motifs is 4. The number of aromatic hydroxyl groups is 1. The summed E-state index contributed by atoms with van der Waals surface area (Å²) in [4.78, 5) is 21.7. The molecule has 2 bridgehead atoms. The van der Waals surface area contributed by atoms with Crippen molar-refractivity contribution in [3.05, 3.63) is 59.7 Å². The summed E-state index contributed by atoms with van der Waals surface area (Å²) in [6.07, 6.45) is 4.13. The maximum absolute atomic E-state index is 13.6. The summed E-state index contributed by atoms with van der Waals surface area (Å²) in [7, 11) is 0. The van der Waals surface area contributed by atoms with Gasteiger partial charge in [0.05, 0.1) is 12.1 Å². The molecule has 0 saturated carbocycles. The summed E-state index contributed by atoms with van der Waals surface area (Å²) < 4.78 is 13.6. The van der Waals surface area contributed by atoms with E-state index < -0.39 is 5.82 Å². The average molecular weight is 369 g/mol. The lowest BCUT2D eigenvalue weighted by atomic mass is 9.94. The maximum atomic E-state index is 13.6. The van der Waals surface area contributed by atoms with Crippen molar-refractivity contribution in [3.63, 3.8) is 0 Å². The lowest BCUT2D eigenvalue weighted by Gasteiger charge is -2.36. The zero-order valence-electron chi connectivity index (χ0n) is 15.2. The molecule has 142 valence electrons. The summed E-state index contributed by atoms with van der Waals surface area (Å²) in [6, 6.07) is 10.3. The number of hydrogen-bond donors (Lipinski definition) is 1. The monoisotopic (exact) mass is 369 g/mol. The second kappa shape index (κ2) is 7.64. The number of phenolic OH excluding ortho intramolecular Hbond substituents is 1. The fourth-order valence-corrected chi connectivity index (χ4v) is 4.27. The minimum absolute atomic E-state index is 0.0366. The number of piperidine rings is 1. The van der Waals surface area contributed by atoms with Crippen molar-refractivity contribution in [2.75, 3.05) is 19.6 Å². The van der Waals surface area contributed by atoms with Crippen molar-refractivity contribution >= 4 is 5.91 Å². The molecule has 1 aromatic heterocycles. The number of aromatic nitrogens is 1. The quantitative estimate of drug-likeness (QED) is 0.900. The molecule has 5 nitrogen and oxygen atoms in total. The maximum Gasteiger partial charge on any atom is 0.227 e. The van der Waals surface area contributed by atoms with Gasteiger partial charge in [-0.1, -0.05) is 12.1 Å². The van der Waals surface area contributed by atoms with E-state index >= 15 is 0 Å². The van der Waals surface area contributed by atoms with Gasteiger partial charge in [-0.05, 0) is 48.6 Å². The summed E-state index contributed by atoms with van der Waals surface area (Å²) in [5.41, 5.74) is 1.65. The lowest BCUT2D eigenvalue weighted by molar-refractivity contribution is -0.134. The number of nitrogens with zero attached hydrogens (tertiary/aromatic N) is 3. The number of carbonyl (C=O) groups is 1. The molecule has 0 spiro atoms. The Kier molecular flexibility index (Phi) is 5.07. The minimum atomic E-state index is -0.681. The number of hydrogen-bond acceptors (Lipinski definition) is 4. The average Bonchev–Trinajstić information content (AvgIpc) is 2.96. The number of carbonyl (C=O) groups excluding carboxylic acids is 1. The van der Waals surface area contributed by atoms with Crippen molar-refractivity contribution in [1.29, 1.82) is 0 Å². The van der Waals surface area contributed by atoms with E-state index in [9.17, 15) is 14.3 Å². The Morgan fingerprint density at radius 1 is 1.19 bits per heavy atom. The van der Waals surface area contributed by atoms with E-state index in [1.165, 1.54) is 12.1 Å². The first-order chi connectivity index (χ1) is 13.1. The van der Waals surface area contributed by atoms with Gasteiger partial charge in [0.25, 0.3) is 0 Å². The molecule has 2 aromatic rings. The third-order valence-corrected chi connectivity index (χ3v) is 5.59. The fraction of sp³-hybridized carbons (Fsp3) is 0.429. The Morgan fingerprint density at radius 2 is 2.07 bits per heavy atom. The highest BCUT2D eigenvalue weighted by molar-refractivity contribution is 5.79. The summed E-state index contributed by atoms with van der Waals surface area (Å²) >= 11 is 0. The molecule has 4 heterocycles. The molecule has 5 rings (SSSR count). The number of phenols is 1. The minimum Gasteiger partial charge on any atom is -0.505 e. The Bertz CT molecular complexity index is 814. The van der Waals surface area contributed by atoms with Gasteiger partial charge in [0.1, 0.15) is 0 Å². The van der Waals surface area contributed by atoms with Crippen LogP contribution in [-0.2, 0) is 17.8 Å². The van der Waals surface area contributed by atoms with Crippen molar-refractivity contribution in [1.82, 2.24) is 14.8 Å². The largest absolute Gasteiger partial charge is 0.505 e. The van der Waals surface area contributed by atoms with E-state index in [0.717, 1.165) is 44.7 Å². The molecular weight excluding hydrogens is 345 g/mol. The van der Waals surface area contributed by atoms with Gasteiger partial charge in [0.15, 0.2) is 11.6 Å². The fourth-order valence-electron chi connectivity index (χ4n) is 4.27. The first kappa shape index (κ1) is 17.9. The molecule has 2 atom stereocenters. The molecule has 27 heavy (non-hydrogen) atoms. The highest BCUT2D eigenvalue weighted by atomic mass is 19.1. The second-order valence-electron chi connectivity index (χ2n) is 7.62. The normalized spacial score (nSPS) is 22.6. The van der Waals surface area contributed by atoms with Crippen LogP contribution in [0.15, 0.2) is 42.6 Å². The Balaban J connectivity index is 1.43. The van der Waals surface area contributed by atoms with Crippen LogP contribution in [0.5, 0.6) is 5.75 Å². The molecular formula is C21H24FN3O2. The van der Waals surface area contributed by atoms with E-state index in [2.05, 4.69) is 9.88 Å². The van der Waals surface area contributed by atoms with Crippen LogP contribution >= 0.6 is 0 Å². The molecule has 0 unspecified atom stereocenters. The van der Waals surface area contributed by atoms with E-state index in [0.29, 0.717) is 11.5 Å². The molecule has 3 aliphatic heterocycles. The third-order valence-electron chi connectivity index (χ3n) is 5.59. The standard InChI is InChI=1S/C21H24FN3O2/c22-19-9-15(5-7-20(19)26)10-21(27)25-12-16-4-6-18(25)14-24(11-16)13-17-3-1-2-8-23-17/h1-3,5,7-9,16,18,26H,4,6,10-14H2/t16-,18+/m1/s1. The highest BCUT2D eigenvalue weighted by Crippen LogP contribution is 2.29. The predicted octanol–water partition coefficient (Wildman–Crippen LogP) is 2.59. The van der Waals surface area contributed by atoms with Crippen molar-refractivity contribution in [3.8, 4) is 5.75 Å². The number of halogens is 1. The van der Waals surface area contributed by atoms with Crippen LogP contribution in [0.1, 0.15) is 24.1 Å². The summed E-state index contributed by atoms with van der Waals surface area (Å²) in [6.45, 7) is 3.40. The molecule has 6 heteroatoms. The topological polar surface area (TPSA) is 56.7 Å². The highest BCUT2D eigenvalue weighted by Gasteiger charge is 2.37. The van der Waals surface area contributed by atoms with Crippen LogP contribution < -0.4 is 0 Å². The Labute approximate surface area is 158 Å². The van der Waals surface area contributed by atoms with Gasteiger partial charge >= 0.3 is 0 Å². The van der Waals surface area contributed by atoms with Gasteiger partial charge in [-0.2, -0.15) is 0 Å². The van der Waals surface area contributed by atoms with Crippen LogP contribution in [0.25, 0.3) is 0 Å². The number of benzene rings is 1. The Hall–Kier alpha value is -2.47. The van der Waals surface area contributed by atoms with Gasteiger partial charge in [0, 0.05) is 38.4 Å². The summed E-state index contributed by atoms with van der Waals surface area (Å²) in [5, 5.41) is 9.32. The number of amides is 1. The van der Waals surface area contributed by atoms with E-state index in [1.807, 2.05) is 29.3 Å². The molecule has 1 amide bonds. The lowest BCUT2D eigenvalue weighted by Crippen LogP contribution is -2.48. The molecule has 3 fully saturated rings. The first-order valence-electron chi connectivity index (χ1n) is 9.47. The van der Waals surface area contributed by atoms with E-state index in [4.69, 9.17) is 0 Å².